The molecule has 0 aliphatic carbocycles. The lowest BCUT2D eigenvalue weighted by Gasteiger charge is -2.20. The first-order valence-electron chi connectivity index (χ1n) is 6.50. The lowest BCUT2D eigenvalue weighted by molar-refractivity contribution is -0.142. The molecule has 1 aromatic carbocycles. The van der Waals surface area contributed by atoms with Crippen LogP contribution in [0.3, 0.4) is 0 Å². The van der Waals surface area contributed by atoms with Gasteiger partial charge in [-0.05, 0) is 44.0 Å². The fraction of sp³-hybridized carbons (Fsp3) is 0.429. The number of carboxylic acids is 1. The minimum atomic E-state index is -0.867. The van der Waals surface area contributed by atoms with Crippen LogP contribution in [-0.4, -0.2) is 41.0 Å². The van der Waals surface area contributed by atoms with Gasteiger partial charge < -0.3 is 10.4 Å². The Labute approximate surface area is 122 Å². The van der Waals surface area contributed by atoms with E-state index >= 15 is 0 Å². The normalized spacial score (nSPS) is 19.0. The van der Waals surface area contributed by atoms with E-state index in [4.69, 9.17) is 16.7 Å². The van der Waals surface area contributed by atoms with Crippen molar-refractivity contribution < 1.29 is 14.7 Å². The highest BCUT2D eigenvalue weighted by Crippen LogP contribution is 2.21. The van der Waals surface area contributed by atoms with Gasteiger partial charge in [0.25, 0.3) is 0 Å². The number of likely N-dealkylation sites (tertiary alicyclic amines) is 1. The minimum absolute atomic E-state index is 0.0858. The highest BCUT2D eigenvalue weighted by atomic mass is 35.5. The Hall–Kier alpha value is -1.59. The largest absolute Gasteiger partial charge is 0.480 e. The van der Waals surface area contributed by atoms with Crippen LogP contribution < -0.4 is 5.32 Å². The molecule has 5 nitrogen and oxygen atoms in total. The van der Waals surface area contributed by atoms with Crippen molar-refractivity contribution in [3.63, 3.8) is 0 Å². The number of nitrogens with one attached hydrogen (secondary N) is 1. The number of carbonyl (C=O) groups is 2. The smallest absolute Gasteiger partial charge is 0.320 e. The van der Waals surface area contributed by atoms with Crippen molar-refractivity contribution in [1.82, 2.24) is 4.90 Å². The zero-order valence-electron chi connectivity index (χ0n) is 11.2. The van der Waals surface area contributed by atoms with Crippen molar-refractivity contribution >= 4 is 29.2 Å². The Bertz CT molecular complexity index is 533. The van der Waals surface area contributed by atoms with E-state index in [0.29, 0.717) is 23.7 Å². The number of amides is 1. The van der Waals surface area contributed by atoms with Crippen LogP contribution in [0.2, 0.25) is 5.02 Å². The van der Waals surface area contributed by atoms with E-state index < -0.39 is 12.0 Å². The summed E-state index contributed by atoms with van der Waals surface area (Å²) in [6, 6.07) is 4.74. The van der Waals surface area contributed by atoms with Crippen molar-refractivity contribution in [3.8, 4) is 0 Å². The molecule has 0 radical (unpaired) electrons. The molecule has 0 saturated carbocycles. The summed E-state index contributed by atoms with van der Waals surface area (Å²) < 4.78 is 0. The van der Waals surface area contributed by atoms with E-state index in [9.17, 15) is 9.59 Å². The number of aryl methyl sites for hydroxylation is 1. The van der Waals surface area contributed by atoms with Gasteiger partial charge in [0, 0.05) is 10.7 Å². The van der Waals surface area contributed by atoms with Crippen LogP contribution in [-0.2, 0) is 9.59 Å². The number of carbonyl (C=O) groups excluding carboxylic acids is 1. The predicted octanol–water partition coefficient (Wildman–Crippen LogP) is 2.14. The maximum atomic E-state index is 11.9. The number of nitrogens with zero attached hydrogens (tertiary/aromatic N) is 1. The number of hydrogen-bond donors (Lipinski definition) is 2. The number of carboxylic acid groups (broad SMARTS) is 1. The number of rotatable bonds is 4. The topological polar surface area (TPSA) is 69.6 Å². The van der Waals surface area contributed by atoms with Gasteiger partial charge in [0.2, 0.25) is 5.91 Å². The fourth-order valence-corrected chi connectivity index (χ4v) is 2.53. The number of benzene rings is 1. The van der Waals surface area contributed by atoms with Crippen molar-refractivity contribution in [2.24, 2.45) is 0 Å². The molecule has 0 bridgehead atoms. The molecule has 108 valence electrons. The van der Waals surface area contributed by atoms with Gasteiger partial charge in [-0.1, -0.05) is 17.7 Å². The van der Waals surface area contributed by atoms with E-state index in [0.717, 1.165) is 12.0 Å². The number of anilines is 1. The second kappa shape index (κ2) is 6.24. The molecule has 20 heavy (non-hydrogen) atoms. The summed E-state index contributed by atoms with van der Waals surface area (Å²) in [5, 5.41) is 12.4. The second-order valence-electron chi connectivity index (χ2n) is 4.98. The third kappa shape index (κ3) is 3.49. The molecule has 2 N–H and O–H groups in total. The maximum Gasteiger partial charge on any atom is 0.320 e. The highest BCUT2D eigenvalue weighted by Gasteiger charge is 2.31. The summed E-state index contributed by atoms with van der Waals surface area (Å²) in [4.78, 5) is 24.7. The summed E-state index contributed by atoms with van der Waals surface area (Å²) in [5.41, 5.74) is 1.56. The number of hydrogen-bond acceptors (Lipinski definition) is 3. The summed E-state index contributed by atoms with van der Waals surface area (Å²) in [6.45, 7) is 2.61. The molecule has 1 fully saturated rings. The van der Waals surface area contributed by atoms with Crippen molar-refractivity contribution in [3.05, 3.63) is 28.8 Å². The van der Waals surface area contributed by atoms with Crippen LogP contribution in [0.1, 0.15) is 18.4 Å². The number of halogens is 1. The maximum absolute atomic E-state index is 11.9. The van der Waals surface area contributed by atoms with Gasteiger partial charge in [0.05, 0.1) is 6.54 Å². The summed E-state index contributed by atoms with van der Waals surface area (Å²) in [7, 11) is 0. The Morgan fingerprint density at radius 3 is 2.90 bits per heavy atom. The lowest BCUT2D eigenvalue weighted by atomic mass is 10.2. The summed E-state index contributed by atoms with van der Waals surface area (Å²) >= 11 is 5.99. The van der Waals surface area contributed by atoms with E-state index in [1.54, 1.807) is 17.0 Å². The molecule has 1 aliphatic rings. The zero-order chi connectivity index (χ0) is 14.7. The van der Waals surface area contributed by atoms with Crippen molar-refractivity contribution in [2.45, 2.75) is 25.8 Å². The summed E-state index contributed by atoms with van der Waals surface area (Å²) in [6.07, 6.45) is 1.40. The molecule has 1 aliphatic heterocycles. The quantitative estimate of drug-likeness (QED) is 0.893. The highest BCUT2D eigenvalue weighted by molar-refractivity contribution is 6.31. The molecule has 1 amide bonds. The van der Waals surface area contributed by atoms with E-state index in [1.807, 2.05) is 13.0 Å². The molecule has 1 aromatic rings. The van der Waals surface area contributed by atoms with E-state index in [-0.39, 0.29) is 12.5 Å². The second-order valence-corrected chi connectivity index (χ2v) is 5.39. The Kier molecular flexibility index (Phi) is 4.62. The van der Waals surface area contributed by atoms with Crippen LogP contribution in [0.15, 0.2) is 18.2 Å². The molecule has 0 spiro atoms. The molecular weight excluding hydrogens is 280 g/mol. The average molecular weight is 297 g/mol. The van der Waals surface area contributed by atoms with Gasteiger partial charge in [-0.2, -0.15) is 0 Å². The molecule has 0 aromatic heterocycles. The lowest BCUT2D eigenvalue weighted by Crippen LogP contribution is -2.40. The van der Waals surface area contributed by atoms with Gasteiger partial charge in [0.15, 0.2) is 0 Å². The van der Waals surface area contributed by atoms with Crippen molar-refractivity contribution in [2.75, 3.05) is 18.4 Å². The molecule has 1 saturated heterocycles. The third-order valence-electron chi connectivity index (χ3n) is 3.45. The molecule has 1 unspecified atom stereocenters. The van der Waals surface area contributed by atoms with Crippen LogP contribution in [0.25, 0.3) is 0 Å². The number of aliphatic carboxylic acids is 1. The average Bonchev–Trinajstić information content (AvgIpc) is 2.82. The standard InChI is InChI=1S/C14H17ClN2O3/c1-9-4-5-10(7-11(9)15)16-13(18)8-17-6-2-3-12(17)14(19)20/h4-5,7,12H,2-3,6,8H2,1H3,(H,16,18)(H,19,20). The van der Waals surface area contributed by atoms with E-state index in [1.165, 1.54) is 0 Å². The first-order valence-corrected chi connectivity index (χ1v) is 6.88. The van der Waals surface area contributed by atoms with Crippen molar-refractivity contribution in [1.29, 1.82) is 0 Å². The SMILES string of the molecule is Cc1ccc(NC(=O)CN2CCCC2C(=O)O)cc1Cl. The van der Waals surface area contributed by atoms with E-state index in [2.05, 4.69) is 5.32 Å². The molecule has 1 heterocycles. The van der Waals surface area contributed by atoms with Gasteiger partial charge in [-0.3, -0.25) is 14.5 Å². The van der Waals surface area contributed by atoms with Gasteiger partial charge >= 0.3 is 5.97 Å². The van der Waals surface area contributed by atoms with Crippen LogP contribution in [0.5, 0.6) is 0 Å². The fourth-order valence-electron chi connectivity index (χ4n) is 2.35. The Morgan fingerprint density at radius 2 is 2.25 bits per heavy atom. The Morgan fingerprint density at radius 1 is 1.50 bits per heavy atom. The van der Waals surface area contributed by atoms with Crippen LogP contribution in [0.4, 0.5) is 5.69 Å². The molecule has 2 rings (SSSR count). The molecular formula is C14H17ClN2O3. The van der Waals surface area contributed by atoms with Crippen LogP contribution in [0, 0.1) is 6.92 Å². The minimum Gasteiger partial charge on any atom is -0.480 e. The van der Waals surface area contributed by atoms with Crippen LogP contribution >= 0.6 is 11.6 Å². The van der Waals surface area contributed by atoms with Gasteiger partial charge in [-0.15, -0.1) is 0 Å². The zero-order valence-corrected chi connectivity index (χ0v) is 12.0. The first kappa shape index (κ1) is 14.8. The first-order chi connectivity index (χ1) is 9.47. The third-order valence-corrected chi connectivity index (χ3v) is 3.86. The van der Waals surface area contributed by atoms with Gasteiger partial charge in [-0.25, -0.2) is 0 Å². The Balaban J connectivity index is 1.95. The molecule has 6 heteroatoms. The monoisotopic (exact) mass is 296 g/mol. The summed E-state index contributed by atoms with van der Waals surface area (Å²) in [5.74, 6) is -1.09. The molecule has 1 atom stereocenters. The van der Waals surface area contributed by atoms with Gasteiger partial charge in [0.1, 0.15) is 6.04 Å². The predicted molar refractivity (Wildman–Crippen MR) is 77.0 cm³/mol.